The number of phenolic OH excluding ortho intramolecular Hbond substituents is 1. The number of hydrogen-bond donors (Lipinski definition) is 5. The van der Waals surface area contributed by atoms with Crippen molar-refractivity contribution in [3.8, 4) is 5.75 Å². The molecule has 1 aliphatic rings. The van der Waals surface area contributed by atoms with Crippen molar-refractivity contribution < 1.29 is 24.9 Å². The van der Waals surface area contributed by atoms with Gasteiger partial charge in [0.2, 0.25) is 0 Å². The highest BCUT2D eigenvalue weighted by molar-refractivity contribution is 5.84. The van der Waals surface area contributed by atoms with Gasteiger partial charge in [-0.15, -0.1) is 0 Å². The maximum atomic E-state index is 11.6. The molecule has 1 aromatic rings. The molecule has 0 unspecified atom stereocenters. The summed E-state index contributed by atoms with van der Waals surface area (Å²) in [7, 11) is 0. The molecule has 2 amide bonds. The summed E-state index contributed by atoms with van der Waals surface area (Å²) in [5.74, 6) is 0.0523. The molecular weight excluding hydrogens is 278 g/mol. The van der Waals surface area contributed by atoms with Gasteiger partial charge >= 0.3 is 6.03 Å². The van der Waals surface area contributed by atoms with E-state index in [0.29, 0.717) is 5.56 Å². The minimum absolute atomic E-state index is 0.0523. The van der Waals surface area contributed by atoms with Gasteiger partial charge in [-0.25, -0.2) is 10.2 Å². The highest BCUT2D eigenvalue weighted by Crippen LogP contribution is 2.18. The number of rotatable bonds is 4. The minimum atomic E-state index is -0.815. The molecule has 0 aromatic heterocycles. The standard InChI is InChI=1S/C13H17N3O5/c17-7-11-10(19)5-12(21-11)15-13(20)16-14-6-8-3-1-2-4-9(8)18/h1-4,6,10-12,17-19H,5,7H2,(H2,15,16,20)/b14-6+/t10-,11+,12+/m0/s1. The first kappa shape index (κ1) is 15.2. The lowest BCUT2D eigenvalue weighted by atomic mass is 10.2. The molecule has 0 saturated carbocycles. The Labute approximate surface area is 121 Å². The number of benzene rings is 1. The highest BCUT2D eigenvalue weighted by Gasteiger charge is 2.34. The van der Waals surface area contributed by atoms with E-state index in [-0.39, 0.29) is 18.8 Å². The zero-order valence-corrected chi connectivity index (χ0v) is 11.1. The number of carbonyl (C=O) groups excluding carboxylic acids is 1. The van der Waals surface area contributed by atoms with Crippen molar-refractivity contribution in [3.05, 3.63) is 29.8 Å². The second-order valence-corrected chi connectivity index (χ2v) is 4.55. The van der Waals surface area contributed by atoms with Crippen LogP contribution in [0.25, 0.3) is 0 Å². The molecule has 0 radical (unpaired) electrons. The van der Waals surface area contributed by atoms with Crippen LogP contribution < -0.4 is 10.7 Å². The summed E-state index contributed by atoms with van der Waals surface area (Å²) in [5, 5.41) is 34.1. The van der Waals surface area contributed by atoms with E-state index in [2.05, 4.69) is 15.8 Å². The number of carbonyl (C=O) groups is 1. The third-order valence-electron chi connectivity index (χ3n) is 3.00. The normalized spacial score (nSPS) is 25.1. The molecule has 114 valence electrons. The lowest BCUT2D eigenvalue weighted by Crippen LogP contribution is -2.40. The Morgan fingerprint density at radius 3 is 2.90 bits per heavy atom. The van der Waals surface area contributed by atoms with Crippen molar-refractivity contribution in [1.82, 2.24) is 10.7 Å². The molecule has 21 heavy (non-hydrogen) atoms. The molecule has 1 fully saturated rings. The molecule has 1 aromatic carbocycles. The van der Waals surface area contributed by atoms with Crippen LogP contribution in [0.2, 0.25) is 0 Å². The Morgan fingerprint density at radius 2 is 2.24 bits per heavy atom. The smallest absolute Gasteiger partial charge is 0.337 e. The number of ether oxygens (including phenoxy) is 1. The van der Waals surface area contributed by atoms with Gasteiger partial charge in [-0.2, -0.15) is 5.10 Å². The summed E-state index contributed by atoms with van der Waals surface area (Å²) in [6.45, 7) is -0.313. The predicted molar refractivity (Wildman–Crippen MR) is 73.7 cm³/mol. The van der Waals surface area contributed by atoms with Crippen LogP contribution in [0.3, 0.4) is 0 Å². The Morgan fingerprint density at radius 1 is 1.48 bits per heavy atom. The summed E-state index contributed by atoms with van der Waals surface area (Å²) >= 11 is 0. The number of nitrogens with zero attached hydrogens (tertiary/aromatic N) is 1. The molecule has 8 nitrogen and oxygen atoms in total. The molecule has 1 saturated heterocycles. The first-order valence-electron chi connectivity index (χ1n) is 6.42. The van der Waals surface area contributed by atoms with E-state index in [0.717, 1.165) is 0 Å². The monoisotopic (exact) mass is 295 g/mol. The fourth-order valence-corrected chi connectivity index (χ4v) is 1.92. The van der Waals surface area contributed by atoms with Crippen molar-refractivity contribution in [2.45, 2.75) is 24.9 Å². The molecule has 2 rings (SSSR count). The van der Waals surface area contributed by atoms with Gasteiger partial charge in [-0.05, 0) is 12.1 Å². The quantitative estimate of drug-likeness (QED) is 0.378. The lowest BCUT2D eigenvalue weighted by molar-refractivity contribution is -0.0272. The average Bonchev–Trinajstić information content (AvgIpc) is 2.80. The van der Waals surface area contributed by atoms with E-state index in [4.69, 9.17) is 9.84 Å². The summed E-state index contributed by atoms with van der Waals surface area (Å²) in [5.41, 5.74) is 2.68. The number of aromatic hydroxyl groups is 1. The molecule has 5 N–H and O–H groups in total. The van der Waals surface area contributed by atoms with Crippen LogP contribution in [0.5, 0.6) is 5.75 Å². The van der Waals surface area contributed by atoms with Crippen molar-refractivity contribution in [2.24, 2.45) is 5.10 Å². The van der Waals surface area contributed by atoms with E-state index >= 15 is 0 Å². The first-order chi connectivity index (χ1) is 10.1. The molecule has 0 bridgehead atoms. The van der Waals surface area contributed by atoms with Gasteiger partial charge < -0.3 is 25.4 Å². The van der Waals surface area contributed by atoms with E-state index in [1.54, 1.807) is 18.2 Å². The van der Waals surface area contributed by atoms with Crippen molar-refractivity contribution >= 4 is 12.2 Å². The Balaban J connectivity index is 1.79. The maximum absolute atomic E-state index is 11.6. The minimum Gasteiger partial charge on any atom is -0.507 e. The zero-order valence-electron chi connectivity index (χ0n) is 11.1. The number of hydrazone groups is 1. The molecule has 0 spiro atoms. The summed E-state index contributed by atoms with van der Waals surface area (Å²) in [6, 6.07) is 5.93. The fourth-order valence-electron chi connectivity index (χ4n) is 1.92. The number of amides is 2. The first-order valence-corrected chi connectivity index (χ1v) is 6.42. The van der Waals surface area contributed by atoms with Gasteiger partial charge in [0.15, 0.2) is 0 Å². The number of nitrogens with one attached hydrogen (secondary N) is 2. The Kier molecular flexibility index (Phi) is 5.09. The summed E-state index contributed by atoms with van der Waals surface area (Å²) in [4.78, 5) is 11.6. The second kappa shape index (κ2) is 7.02. The maximum Gasteiger partial charge on any atom is 0.337 e. The highest BCUT2D eigenvalue weighted by atomic mass is 16.5. The third-order valence-corrected chi connectivity index (χ3v) is 3.00. The summed E-state index contributed by atoms with van der Waals surface area (Å²) in [6.07, 6.45) is -0.694. The van der Waals surface area contributed by atoms with Gasteiger partial charge in [-0.3, -0.25) is 0 Å². The van der Waals surface area contributed by atoms with Crippen molar-refractivity contribution in [1.29, 1.82) is 0 Å². The van der Waals surface area contributed by atoms with Gasteiger partial charge in [0.1, 0.15) is 18.1 Å². The van der Waals surface area contributed by atoms with Crippen LogP contribution >= 0.6 is 0 Å². The van der Waals surface area contributed by atoms with Crippen LogP contribution in [0, 0.1) is 0 Å². The van der Waals surface area contributed by atoms with Crippen molar-refractivity contribution in [3.63, 3.8) is 0 Å². The zero-order chi connectivity index (χ0) is 15.2. The van der Waals surface area contributed by atoms with Gasteiger partial charge in [0.05, 0.1) is 18.9 Å². The predicted octanol–water partition coefficient (Wildman–Crippen LogP) is -0.507. The largest absolute Gasteiger partial charge is 0.507 e. The number of aliphatic hydroxyl groups is 2. The number of aliphatic hydroxyl groups excluding tert-OH is 2. The third kappa shape index (κ3) is 4.15. The van der Waals surface area contributed by atoms with E-state index in [1.165, 1.54) is 12.3 Å². The number of hydrogen-bond acceptors (Lipinski definition) is 6. The van der Waals surface area contributed by atoms with Gasteiger partial charge in [0.25, 0.3) is 0 Å². The van der Waals surface area contributed by atoms with E-state index < -0.39 is 24.5 Å². The average molecular weight is 295 g/mol. The Bertz CT molecular complexity index is 522. The molecule has 1 heterocycles. The van der Waals surface area contributed by atoms with Crippen LogP contribution in [-0.4, -0.2) is 52.6 Å². The number of urea groups is 1. The van der Waals surface area contributed by atoms with Crippen LogP contribution in [0.15, 0.2) is 29.4 Å². The fraction of sp³-hybridized carbons (Fsp3) is 0.385. The van der Waals surface area contributed by atoms with Crippen LogP contribution in [0.1, 0.15) is 12.0 Å². The second-order valence-electron chi connectivity index (χ2n) is 4.55. The molecule has 8 heteroatoms. The molecule has 3 atom stereocenters. The summed E-state index contributed by atoms with van der Waals surface area (Å²) < 4.78 is 5.21. The SMILES string of the molecule is O=C(N/N=C/c1ccccc1O)N[C@H]1C[C@H](O)[C@@H](CO)O1. The lowest BCUT2D eigenvalue weighted by Gasteiger charge is -2.12. The molecule has 0 aliphatic carbocycles. The topological polar surface area (TPSA) is 123 Å². The van der Waals surface area contributed by atoms with Crippen LogP contribution in [0.4, 0.5) is 4.79 Å². The van der Waals surface area contributed by atoms with Gasteiger partial charge in [-0.1, -0.05) is 12.1 Å². The van der Waals surface area contributed by atoms with Crippen LogP contribution in [-0.2, 0) is 4.74 Å². The number of para-hydroxylation sites is 1. The van der Waals surface area contributed by atoms with Gasteiger partial charge in [0, 0.05) is 12.0 Å². The van der Waals surface area contributed by atoms with Crippen molar-refractivity contribution in [2.75, 3.05) is 6.61 Å². The molecule has 1 aliphatic heterocycles. The van der Waals surface area contributed by atoms with E-state index in [9.17, 15) is 15.0 Å². The number of phenols is 1. The van der Waals surface area contributed by atoms with E-state index in [1.807, 2.05) is 0 Å². The molecular formula is C13H17N3O5. The Hall–Kier alpha value is -2.16.